The van der Waals surface area contributed by atoms with E-state index in [9.17, 15) is 44.7 Å². The highest BCUT2D eigenvalue weighted by molar-refractivity contribution is 5.84. The summed E-state index contributed by atoms with van der Waals surface area (Å²) in [6, 6.07) is 0. The Bertz CT molecular complexity index is 1210. The van der Waals surface area contributed by atoms with Crippen molar-refractivity contribution in [2.75, 3.05) is 0 Å². The molecule has 13 nitrogen and oxygen atoms in total. The number of carbonyl (C=O) groups excluding carboxylic acids is 4. The van der Waals surface area contributed by atoms with Gasteiger partial charge in [0.05, 0.1) is 5.60 Å². The molecule has 0 spiro atoms. The van der Waals surface area contributed by atoms with Crippen LogP contribution in [0.4, 0.5) is 0 Å². The van der Waals surface area contributed by atoms with E-state index >= 15 is 0 Å². The lowest BCUT2D eigenvalue weighted by Crippen LogP contribution is -2.74. The lowest BCUT2D eigenvalue weighted by Gasteiger charge is -2.57. The molecular weight excluding hydrogens is 592 g/mol. The van der Waals surface area contributed by atoms with Crippen LogP contribution in [0, 0.1) is 11.3 Å². The summed E-state index contributed by atoms with van der Waals surface area (Å²) in [4.78, 5) is 51.2. The fourth-order valence-corrected chi connectivity index (χ4v) is 7.01. The summed E-state index contributed by atoms with van der Waals surface area (Å²) in [6.07, 6.45) is -2.52. The van der Waals surface area contributed by atoms with E-state index in [0.717, 1.165) is 52.5 Å². The predicted octanol–water partition coefficient (Wildman–Crippen LogP) is 1.15. The summed E-state index contributed by atoms with van der Waals surface area (Å²) in [7, 11) is 0. The van der Waals surface area contributed by atoms with Crippen molar-refractivity contribution >= 4 is 23.9 Å². The Morgan fingerprint density at radius 3 is 2.07 bits per heavy atom. The standard InChI is InChI=1S/C32H48O13/c1-8-9-10-11-12-13-22(36)45-24-17(2)16-21-32(41,31(7,40)28(38)44-21)27(43-19(4)34)25-29(5,15-14-20(35)30(25,6)39)26(23(24)37)42-18(3)33/h14-16,20-21,23-27,35,37,39-41H,8-13H2,1-7H3/b17-16-/t20-,21+,23-,24+,25-,26+,27+,29+,30-,31-,32+/m1/s1. The van der Waals surface area contributed by atoms with Gasteiger partial charge in [0.1, 0.15) is 24.4 Å². The summed E-state index contributed by atoms with van der Waals surface area (Å²) in [6.45, 7) is 9.11. The summed E-state index contributed by atoms with van der Waals surface area (Å²) < 4.78 is 22.4. The number of unbranched alkanes of at least 4 members (excludes halogenated alkanes) is 4. The summed E-state index contributed by atoms with van der Waals surface area (Å²) >= 11 is 0. The minimum Gasteiger partial charge on any atom is -0.459 e. The number of rotatable bonds is 9. The van der Waals surface area contributed by atoms with Gasteiger partial charge in [-0.25, -0.2) is 4.79 Å². The molecule has 0 unspecified atom stereocenters. The van der Waals surface area contributed by atoms with E-state index in [4.69, 9.17) is 18.9 Å². The molecule has 0 saturated carbocycles. The van der Waals surface area contributed by atoms with Crippen LogP contribution in [-0.2, 0) is 38.1 Å². The first-order valence-electron chi connectivity index (χ1n) is 15.4. The first kappa shape index (κ1) is 36.6. The van der Waals surface area contributed by atoms with Crippen LogP contribution in [0.15, 0.2) is 23.8 Å². The molecule has 3 rings (SSSR count). The fourth-order valence-electron chi connectivity index (χ4n) is 7.01. The normalized spacial score (nSPS) is 42.4. The van der Waals surface area contributed by atoms with Crippen LogP contribution < -0.4 is 0 Å². The maximum Gasteiger partial charge on any atom is 0.341 e. The zero-order valence-electron chi connectivity index (χ0n) is 27.0. The predicted molar refractivity (Wildman–Crippen MR) is 157 cm³/mol. The molecule has 254 valence electrons. The molecule has 1 heterocycles. The van der Waals surface area contributed by atoms with Crippen molar-refractivity contribution in [1.82, 2.24) is 0 Å². The Kier molecular flexibility index (Phi) is 11.0. The number of esters is 4. The zero-order chi connectivity index (χ0) is 34.1. The van der Waals surface area contributed by atoms with Crippen molar-refractivity contribution in [2.45, 2.75) is 140 Å². The van der Waals surface area contributed by atoms with Crippen LogP contribution >= 0.6 is 0 Å². The molecule has 0 aromatic rings. The molecule has 3 aliphatic rings. The maximum atomic E-state index is 13.1. The van der Waals surface area contributed by atoms with E-state index in [0.29, 0.717) is 6.42 Å². The van der Waals surface area contributed by atoms with Crippen LogP contribution in [0.5, 0.6) is 0 Å². The van der Waals surface area contributed by atoms with Gasteiger partial charge in [0, 0.05) is 31.6 Å². The van der Waals surface area contributed by atoms with Gasteiger partial charge in [-0.3, -0.25) is 14.4 Å². The topological polar surface area (TPSA) is 206 Å². The van der Waals surface area contributed by atoms with Gasteiger partial charge in [-0.05, 0) is 38.8 Å². The Balaban J connectivity index is 2.31. The van der Waals surface area contributed by atoms with Crippen molar-refractivity contribution in [2.24, 2.45) is 11.3 Å². The van der Waals surface area contributed by atoms with Crippen molar-refractivity contribution < 1.29 is 63.7 Å². The average molecular weight is 641 g/mol. The van der Waals surface area contributed by atoms with E-state index in [-0.39, 0.29) is 12.0 Å². The summed E-state index contributed by atoms with van der Waals surface area (Å²) in [5.74, 6) is -5.51. The van der Waals surface area contributed by atoms with E-state index < -0.39 is 88.6 Å². The average Bonchev–Trinajstić information content (AvgIpc) is 3.10. The van der Waals surface area contributed by atoms with Gasteiger partial charge in [0.15, 0.2) is 23.4 Å². The molecule has 0 bridgehead atoms. The second-order valence-electron chi connectivity index (χ2n) is 13.1. The minimum atomic E-state index is -2.82. The SMILES string of the molecule is CCCCCCCC(=O)O[C@H]1/C(C)=C\[C@@H]2OC(=O)[C@@](C)(O)[C@@]2(O)[C@@H](OC(C)=O)[C@H]2[C@](C)(O)[C@H](O)C=C[C@]2(C)[C@@H](OC(C)=O)[C@@H]1O. The fraction of sp³-hybridized carbons (Fsp3) is 0.750. The van der Waals surface area contributed by atoms with Crippen LogP contribution in [0.3, 0.4) is 0 Å². The van der Waals surface area contributed by atoms with Gasteiger partial charge >= 0.3 is 23.9 Å². The van der Waals surface area contributed by atoms with Gasteiger partial charge in [-0.1, -0.05) is 51.7 Å². The summed E-state index contributed by atoms with van der Waals surface area (Å²) in [5, 5.41) is 58.6. The number of aliphatic hydroxyl groups is 5. The number of hydrogen-bond donors (Lipinski definition) is 5. The highest BCUT2D eigenvalue weighted by Gasteiger charge is 2.74. The number of carbonyl (C=O) groups is 4. The lowest BCUT2D eigenvalue weighted by molar-refractivity contribution is -0.263. The lowest BCUT2D eigenvalue weighted by atomic mass is 9.53. The van der Waals surface area contributed by atoms with Gasteiger partial charge in [-0.15, -0.1) is 0 Å². The molecule has 5 N–H and O–H groups in total. The van der Waals surface area contributed by atoms with Crippen molar-refractivity contribution in [1.29, 1.82) is 0 Å². The molecule has 0 amide bonds. The smallest absolute Gasteiger partial charge is 0.341 e. The molecule has 1 aliphatic heterocycles. The van der Waals surface area contributed by atoms with E-state index in [1.807, 2.05) is 0 Å². The molecule has 0 aromatic carbocycles. The van der Waals surface area contributed by atoms with Crippen LogP contribution in [0.2, 0.25) is 0 Å². The molecule has 1 fully saturated rings. The van der Waals surface area contributed by atoms with E-state index in [1.54, 1.807) is 0 Å². The Labute approximate surface area is 263 Å². The number of ether oxygens (including phenoxy) is 4. The third-order valence-corrected chi connectivity index (χ3v) is 9.54. The molecule has 2 aliphatic carbocycles. The van der Waals surface area contributed by atoms with E-state index in [1.165, 1.54) is 32.9 Å². The molecular formula is C32H48O13. The monoisotopic (exact) mass is 640 g/mol. The number of fused-ring (bicyclic) bond motifs is 2. The van der Waals surface area contributed by atoms with Gasteiger partial charge in [0.25, 0.3) is 0 Å². The van der Waals surface area contributed by atoms with Gasteiger partial charge < -0.3 is 44.5 Å². The van der Waals surface area contributed by atoms with Gasteiger partial charge in [-0.2, -0.15) is 0 Å². The number of aliphatic hydroxyl groups excluding tert-OH is 2. The second kappa shape index (κ2) is 13.5. The van der Waals surface area contributed by atoms with Gasteiger partial charge in [0.2, 0.25) is 0 Å². The van der Waals surface area contributed by atoms with Crippen molar-refractivity contribution in [3.8, 4) is 0 Å². The minimum absolute atomic E-state index is 0.0186. The molecule has 11 atom stereocenters. The van der Waals surface area contributed by atoms with E-state index in [2.05, 4.69) is 6.92 Å². The quantitative estimate of drug-likeness (QED) is 0.104. The third kappa shape index (κ3) is 6.69. The van der Waals surface area contributed by atoms with Crippen LogP contribution in [0.25, 0.3) is 0 Å². The summed E-state index contributed by atoms with van der Waals surface area (Å²) in [5.41, 5.74) is -9.65. The van der Waals surface area contributed by atoms with Crippen LogP contribution in [-0.4, -0.2) is 103 Å². The first-order valence-corrected chi connectivity index (χ1v) is 15.4. The first-order chi connectivity index (χ1) is 20.8. The molecule has 1 saturated heterocycles. The maximum absolute atomic E-state index is 13.1. The highest BCUT2D eigenvalue weighted by atomic mass is 16.6. The van der Waals surface area contributed by atoms with Crippen molar-refractivity contribution in [3.05, 3.63) is 23.8 Å². The van der Waals surface area contributed by atoms with Crippen LogP contribution in [0.1, 0.15) is 87.0 Å². The Hall–Kier alpha value is -2.84. The second-order valence-corrected chi connectivity index (χ2v) is 13.1. The Morgan fingerprint density at radius 1 is 0.911 bits per heavy atom. The molecule has 0 radical (unpaired) electrons. The zero-order valence-corrected chi connectivity index (χ0v) is 27.0. The number of hydrogen-bond acceptors (Lipinski definition) is 13. The highest BCUT2D eigenvalue weighted by Crippen LogP contribution is 2.55. The third-order valence-electron chi connectivity index (χ3n) is 9.54. The molecule has 13 heteroatoms. The van der Waals surface area contributed by atoms with Crippen molar-refractivity contribution in [3.63, 3.8) is 0 Å². The largest absolute Gasteiger partial charge is 0.459 e. The Morgan fingerprint density at radius 2 is 1.49 bits per heavy atom. The molecule has 0 aromatic heterocycles. The molecule has 45 heavy (non-hydrogen) atoms.